The average molecular weight is 440 g/mol. The summed E-state index contributed by atoms with van der Waals surface area (Å²) in [5.41, 5.74) is 0.866. The summed E-state index contributed by atoms with van der Waals surface area (Å²) in [5, 5.41) is 12.4. The number of hydrogen-bond donors (Lipinski definition) is 0. The summed E-state index contributed by atoms with van der Waals surface area (Å²) >= 11 is 1.17. The highest BCUT2D eigenvalue weighted by Crippen LogP contribution is 2.36. The minimum Gasteiger partial charge on any atom is -0.464 e. The quantitative estimate of drug-likeness (QED) is 0.361. The van der Waals surface area contributed by atoms with E-state index in [1.54, 1.807) is 37.3 Å². The van der Waals surface area contributed by atoms with Crippen LogP contribution < -0.4 is 0 Å². The van der Waals surface area contributed by atoms with Crippen molar-refractivity contribution in [1.29, 1.82) is 0 Å². The Kier molecular flexibility index (Phi) is 4.51. The van der Waals surface area contributed by atoms with Gasteiger partial charge in [0, 0.05) is 10.9 Å². The van der Waals surface area contributed by atoms with Crippen molar-refractivity contribution in [3.05, 3.63) is 71.1 Å². The van der Waals surface area contributed by atoms with Crippen molar-refractivity contribution in [2.45, 2.75) is 12.8 Å². The van der Waals surface area contributed by atoms with Gasteiger partial charge in [-0.1, -0.05) is 0 Å². The van der Waals surface area contributed by atoms with E-state index in [1.807, 2.05) is 0 Å². The van der Waals surface area contributed by atoms with E-state index in [0.717, 1.165) is 4.52 Å². The number of carbonyl (C=O) groups excluding carboxylic acids is 1. The van der Waals surface area contributed by atoms with E-state index in [1.165, 1.54) is 35.8 Å². The van der Waals surface area contributed by atoms with Gasteiger partial charge in [0.1, 0.15) is 16.2 Å². The smallest absolute Gasteiger partial charge is 0.348 e. The lowest BCUT2D eigenvalue weighted by atomic mass is 10.1. The fraction of sp³-hybridized carbons (Fsp3) is 0.143. The third-order valence-electron chi connectivity index (χ3n) is 4.69. The van der Waals surface area contributed by atoms with Gasteiger partial charge in [0.2, 0.25) is 5.82 Å². The highest BCUT2D eigenvalue weighted by molar-refractivity contribution is 7.17. The fourth-order valence-electron chi connectivity index (χ4n) is 3.19. The molecule has 0 aliphatic rings. The number of furan rings is 1. The lowest BCUT2D eigenvalue weighted by Crippen LogP contribution is -2.20. The minimum absolute atomic E-state index is 0.185. The molecule has 4 aromatic heterocycles. The molecule has 156 valence electrons. The molecule has 0 atom stereocenters. The lowest BCUT2D eigenvalue weighted by Gasteiger charge is -2.14. The van der Waals surface area contributed by atoms with Crippen LogP contribution in [0.2, 0.25) is 0 Å². The summed E-state index contributed by atoms with van der Waals surface area (Å²) in [6.45, 7) is 1.99. The van der Waals surface area contributed by atoms with Crippen LogP contribution in [0.15, 0.2) is 59.2 Å². The molecule has 31 heavy (non-hydrogen) atoms. The number of thiophene rings is 1. The molecule has 0 amide bonds. The average Bonchev–Trinajstić information content (AvgIpc) is 3.51. The van der Waals surface area contributed by atoms with Crippen LogP contribution >= 0.6 is 11.3 Å². The third-order valence-corrected chi connectivity index (χ3v) is 5.78. The van der Waals surface area contributed by atoms with Gasteiger partial charge in [0.15, 0.2) is 5.65 Å². The van der Waals surface area contributed by atoms with Crippen molar-refractivity contribution in [2.24, 2.45) is 0 Å². The number of fused-ring (bicyclic) bond motifs is 2. The molecular formula is C21H14F2N4O3S. The molecule has 0 aliphatic carbocycles. The molecular weight excluding hydrogens is 426 g/mol. The maximum absolute atomic E-state index is 15.4. The molecule has 4 heterocycles. The van der Waals surface area contributed by atoms with Crippen LogP contribution in [0.4, 0.5) is 8.78 Å². The van der Waals surface area contributed by atoms with Crippen molar-refractivity contribution in [3.63, 3.8) is 0 Å². The van der Waals surface area contributed by atoms with Crippen LogP contribution in [0.1, 0.15) is 28.0 Å². The number of halogens is 2. The number of hydrogen-bond acceptors (Lipinski definition) is 7. The SMILES string of the molecule is CCOC(=O)c1ccc(-c2ccc3nnc(C(F)(F)c4ccc5occc5c4)n3n2)s1. The summed E-state index contributed by atoms with van der Waals surface area (Å²) in [7, 11) is 0. The summed E-state index contributed by atoms with van der Waals surface area (Å²) in [5.74, 6) is -4.48. The molecule has 0 bridgehead atoms. The zero-order valence-electron chi connectivity index (χ0n) is 16.1. The van der Waals surface area contributed by atoms with Gasteiger partial charge in [-0.3, -0.25) is 0 Å². The molecule has 0 saturated carbocycles. The highest BCUT2D eigenvalue weighted by atomic mass is 32.1. The number of carbonyl (C=O) groups is 1. The predicted octanol–water partition coefficient (Wildman–Crippen LogP) is 4.92. The van der Waals surface area contributed by atoms with Crippen LogP contribution in [0, 0.1) is 0 Å². The number of rotatable bonds is 5. The number of ether oxygens (including phenoxy) is 1. The third kappa shape index (κ3) is 3.25. The molecule has 0 fully saturated rings. The Morgan fingerprint density at radius 2 is 2.03 bits per heavy atom. The Morgan fingerprint density at radius 1 is 1.16 bits per heavy atom. The first-order chi connectivity index (χ1) is 15.0. The Balaban J connectivity index is 1.56. The van der Waals surface area contributed by atoms with E-state index in [4.69, 9.17) is 9.15 Å². The van der Waals surface area contributed by atoms with Crippen molar-refractivity contribution >= 4 is 33.9 Å². The number of aromatic nitrogens is 4. The standard InChI is InChI=1S/C21H14F2N4O3S/c1-2-29-19(28)17-7-6-16(31-17)14-4-8-18-24-25-20(27(18)26-14)21(22,23)13-3-5-15-12(11-13)9-10-30-15/h3-11H,2H2,1H3. The van der Waals surface area contributed by atoms with E-state index in [-0.39, 0.29) is 17.8 Å². The lowest BCUT2D eigenvalue weighted by molar-refractivity contribution is 0.0307. The minimum atomic E-state index is -3.44. The molecule has 0 unspecified atom stereocenters. The van der Waals surface area contributed by atoms with E-state index < -0.39 is 17.7 Å². The molecule has 7 nitrogen and oxygen atoms in total. The van der Waals surface area contributed by atoms with E-state index in [2.05, 4.69) is 15.3 Å². The first-order valence-electron chi connectivity index (χ1n) is 9.33. The van der Waals surface area contributed by atoms with Gasteiger partial charge in [-0.25, -0.2) is 4.79 Å². The summed E-state index contributed by atoms with van der Waals surface area (Å²) < 4.78 is 42.0. The Labute approximate surface area is 177 Å². The van der Waals surface area contributed by atoms with E-state index in [9.17, 15) is 4.79 Å². The highest BCUT2D eigenvalue weighted by Gasteiger charge is 2.40. The second-order valence-corrected chi connectivity index (χ2v) is 7.73. The van der Waals surface area contributed by atoms with Crippen molar-refractivity contribution in [1.82, 2.24) is 19.8 Å². The van der Waals surface area contributed by atoms with Gasteiger partial charge >= 0.3 is 11.9 Å². The van der Waals surface area contributed by atoms with Crippen LogP contribution in [0.25, 0.3) is 27.2 Å². The molecule has 10 heteroatoms. The van der Waals surface area contributed by atoms with Crippen molar-refractivity contribution in [2.75, 3.05) is 6.61 Å². The molecule has 5 aromatic rings. The van der Waals surface area contributed by atoms with E-state index >= 15 is 8.78 Å². The number of nitrogens with zero attached hydrogens (tertiary/aromatic N) is 4. The Bertz CT molecular complexity index is 1420. The Hall–Kier alpha value is -3.66. The van der Waals surface area contributed by atoms with Gasteiger partial charge < -0.3 is 9.15 Å². The summed E-state index contributed by atoms with van der Waals surface area (Å²) in [6.07, 6.45) is 1.44. The summed E-state index contributed by atoms with van der Waals surface area (Å²) in [4.78, 5) is 12.9. The van der Waals surface area contributed by atoms with Gasteiger partial charge in [0.05, 0.1) is 17.7 Å². The first-order valence-corrected chi connectivity index (χ1v) is 10.1. The molecule has 0 N–H and O–H groups in total. The largest absolute Gasteiger partial charge is 0.464 e. The van der Waals surface area contributed by atoms with Crippen LogP contribution in [-0.4, -0.2) is 32.4 Å². The zero-order chi connectivity index (χ0) is 21.6. The number of alkyl halides is 2. The summed E-state index contributed by atoms with van der Waals surface area (Å²) in [6, 6.07) is 12.3. The molecule has 0 aliphatic heterocycles. The normalized spacial score (nSPS) is 12.0. The van der Waals surface area contributed by atoms with Gasteiger partial charge in [-0.2, -0.15) is 18.4 Å². The Morgan fingerprint density at radius 3 is 2.87 bits per heavy atom. The molecule has 0 spiro atoms. The van der Waals surface area contributed by atoms with Gasteiger partial charge in [-0.15, -0.1) is 21.5 Å². The van der Waals surface area contributed by atoms with E-state index in [0.29, 0.717) is 26.4 Å². The van der Waals surface area contributed by atoms with Crippen molar-refractivity contribution in [3.8, 4) is 10.6 Å². The fourth-order valence-corrected chi connectivity index (χ4v) is 4.06. The number of benzene rings is 1. The van der Waals surface area contributed by atoms with Gasteiger partial charge in [-0.05, 0) is 55.5 Å². The monoisotopic (exact) mass is 440 g/mol. The molecule has 0 radical (unpaired) electrons. The molecule has 1 aromatic carbocycles. The maximum atomic E-state index is 15.4. The topological polar surface area (TPSA) is 82.5 Å². The van der Waals surface area contributed by atoms with Gasteiger partial charge in [0.25, 0.3) is 0 Å². The van der Waals surface area contributed by atoms with Crippen LogP contribution in [-0.2, 0) is 10.7 Å². The predicted molar refractivity (Wildman–Crippen MR) is 109 cm³/mol. The van der Waals surface area contributed by atoms with Crippen LogP contribution in [0.5, 0.6) is 0 Å². The zero-order valence-corrected chi connectivity index (χ0v) is 16.9. The number of esters is 1. The first kappa shape index (κ1) is 19.3. The second-order valence-electron chi connectivity index (χ2n) is 6.64. The van der Waals surface area contributed by atoms with Crippen LogP contribution in [0.3, 0.4) is 0 Å². The maximum Gasteiger partial charge on any atom is 0.348 e. The molecule has 0 saturated heterocycles. The van der Waals surface area contributed by atoms with Crippen molar-refractivity contribution < 1.29 is 22.7 Å². The molecule has 5 rings (SSSR count). The second kappa shape index (κ2) is 7.24.